The first-order valence-electron chi connectivity index (χ1n) is 5.38. The van der Waals surface area contributed by atoms with Crippen molar-refractivity contribution >= 4 is 6.29 Å². The third-order valence-corrected chi connectivity index (χ3v) is 3.29. The zero-order valence-corrected chi connectivity index (χ0v) is 9.45. The van der Waals surface area contributed by atoms with E-state index in [9.17, 15) is 4.79 Å². The molecule has 1 saturated heterocycles. The SMILES string of the molecule is CCC(C)N(C)CC1(C=O)CCOC1. The van der Waals surface area contributed by atoms with Crippen LogP contribution in [0.1, 0.15) is 26.7 Å². The molecule has 0 aromatic rings. The summed E-state index contributed by atoms with van der Waals surface area (Å²) in [7, 11) is 2.08. The fraction of sp³-hybridized carbons (Fsp3) is 0.909. The first-order valence-corrected chi connectivity index (χ1v) is 5.38. The maximum atomic E-state index is 11.1. The maximum Gasteiger partial charge on any atom is 0.129 e. The van der Waals surface area contributed by atoms with Gasteiger partial charge in [-0.3, -0.25) is 0 Å². The van der Waals surface area contributed by atoms with Gasteiger partial charge in [-0.05, 0) is 26.8 Å². The second kappa shape index (κ2) is 4.89. The van der Waals surface area contributed by atoms with Crippen molar-refractivity contribution in [1.82, 2.24) is 4.90 Å². The molecule has 1 aliphatic heterocycles. The van der Waals surface area contributed by atoms with Gasteiger partial charge in [-0.25, -0.2) is 0 Å². The van der Waals surface area contributed by atoms with E-state index in [1.807, 2.05) is 0 Å². The van der Waals surface area contributed by atoms with Crippen molar-refractivity contribution in [3.63, 3.8) is 0 Å². The summed E-state index contributed by atoms with van der Waals surface area (Å²) >= 11 is 0. The predicted molar refractivity (Wildman–Crippen MR) is 56.3 cm³/mol. The van der Waals surface area contributed by atoms with Crippen LogP contribution in [0.3, 0.4) is 0 Å². The number of nitrogens with zero attached hydrogens (tertiary/aromatic N) is 1. The molecule has 1 aliphatic rings. The lowest BCUT2D eigenvalue weighted by Gasteiger charge is -2.31. The van der Waals surface area contributed by atoms with Crippen LogP contribution in [-0.2, 0) is 9.53 Å². The Bertz CT molecular complexity index is 188. The third-order valence-electron chi connectivity index (χ3n) is 3.29. The highest BCUT2D eigenvalue weighted by Gasteiger charge is 2.36. The molecule has 1 fully saturated rings. The summed E-state index contributed by atoms with van der Waals surface area (Å²) in [5.41, 5.74) is -0.238. The molecule has 2 atom stereocenters. The van der Waals surface area contributed by atoms with Crippen LogP contribution in [0, 0.1) is 5.41 Å². The minimum Gasteiger partial charge on any atom is -0.380 e. The van der Waals surface area contributed by atoms with Crippen LogP contribution in [0.5, 0.6) is 0 Å². The molecule has 0 bridgehead atoms. The van der Waals surface area contributed by atoms with E-state index in [1.54, 1.807) is 0 Å². The van der Waals surface area contributed by atoms with Crippen LogP contribution in [0.15, 0.2) is 0 Å². The number of hydrogen-bond acceptors (Lipinski definition) is 3. The summed E-state index contributed by atoms with van der Waals surface area (Å²) in [5, 5.41) is 0. The summed E-state index contributed by atoms with van der Waals surface area (Å²) in [6, 6.07) is 0.535. The van der Waals surface area contributed by atoms with Crippen molar-refractivity contribution in [3.8, 4) is 0 Å². The van der Waals surface area contributed by atoms with E-state index in [2.05, 4.69) is 25.8 Å². The van der Waals surface area contributed by atoms with Crippen molar-refractivity contribution < 1.29 is 9.53 Å². The van der Waals surface area contributed by atoms with Crippen LogP contribution in [0.25, 0.3) is 0 Å². The van der Waals surface area contributed by atoms with Gasteiger partial charge in [0.05, 0.1) is 12.0 Å². The zero-order chi connectivity index (χ0) is 10.6. The van der Waals surface area contributed by atoms with Gasteiger partial charge in [0.25, 0.3) is 0 Å². The minimum atomic E-state index is -0.238. The molecule has 0 radical (unpaired) electrons. The van der Waals surface area contributed by atoms with Crippen LogP contribution in [0.4, 0.5) is 0 Å². The largest absolute Gasteiger partial charge is 0.380 e. The molecular formula is C11H21NO2. The molecule has 0 spiro atoms. The summed E-state index contributed by atoms with van der Waals surface area (Å²) in [4.78, 5) is 13.3. The van der Waals surface area contributed by atoms with Gasteiger partial charge < -0.3 is 14.4 Å². The molecule has 0 aromatic heterocycles. The second-order valence-electron chi connectivity index (χ2n) is 4.46. The standard InChI is InChI=1S/C11H21NO2/c1-4-10(2)12(3)7-11(8-13)5-6-14-9-11/h8,10H,4-7,9H2,1-3H3. The van der Waals surface area contributed by atoms with E-state index >= 15 is 0 Å². The number of aldehydes is 1. The summed E-state index contributed by atoms with van der Waals surface area (Å²) in [6.07, 6.45) is 3.07. The molecule has 0 aromatic carbocycles. The Morgan fingerprint density at radius 3 is 2.79 bits per heavy atom. The van der Waals surface area contributed by atoms with E-state index < -0.39 is 0 Å². The van der Waals surface area contributed by atoms with Gasteiger partial charge in [-0.2, -0.15) is 0 Å². The van der Waals surface area contributed by atoms with Crippen molar-refractivity contribution in [3.05, 3.63) is 0 Å². The molecule has 3 nitrogen and oxygen atoms in total. The molecule has 0 saturated carbocycles. The zero-order valence-electron chi connectivity index (χ0n) is 9.45. The molecule has 2 unspecified atom stereocenters. The number of ether oxygens (including phenoxy) is 1. The normalized spacial score (nSPS) is 29.4. The quantitative estimate of drug-likeness (QED) is 0.625. The molecule has 1 heterocycles. The number of hydrogen-bond donors (Lipinski definition) is 0. The number of carbonyl (C=O) groups excluding carboxylic acids is 1. The Balaban J connectivity index is 2.51. The fourth-order valence-corrected chi connectivity index (χ4v) is 1.84. The van der Waals surface area contributed by atoms with E-state index in [4.69, 9.17) is 4.74 Å². The lowest BCUT2D eigenvalue weighted by molar-refractivity contribution is -0.117. The van der Waals surface area contributed by atoms with Crippen molar-refractivity contribution in [2.75, 3.05) is 26.8 Å². The Morgan fingerprint density at radius 1 is 1.64 bits per heavy atom. The van der Waals surface area contributed by atoms with Gasteiger partial charge in [-0.15, -0.1) is 0 Å². The lowest BCUT2D eigenvalue weighted by Crippen LogP contribution is -2.41. The lowest BCUT2D eigenvalue weighted by atomic mass is 9.88. The topological polar surface area (TPSA) is 29.5 Å². The average Bonchev–Trinajstić information content (AvgIpc) is 2.65. The van der Waals surface area contributed by atoms with E-state index in [1.165, 1.54) is 0 Å². The van der Waals surface area contributed by atoms with Crippen LogP contribution in [0.2, 0.25) is 0 Å². The first-order chi connectivity index (χ1) is 6.63. The van der Waals surface area contributed by atoms with E-state index in [-0.39, 0.29) is 5.41 Å². The van der Waals surface area contributed by atoms with Gasteiger partial charge in [0.2, 0.25) is 0 Å². The Morgan fingerprint density at radius 2 is 2.36 bits per heavy atom. The Kier molecular flexibility index (Phi) is 4.08. The Hall–Kier alpha value is -0.410. The van der Waals surface area contributed by atoms with Gasteiger partial charge >= 0.3 is 0 Å². The van der Waals surface area contributed by atoms with Gasteiger partial charge in [0.15, 0.2) is 0 Å². The monoisotopic (exact) mass is 199 g/mol. The number of rotatable bonds is 5. The van der Waals surface area contributed by atoms with Gasteiger partial charge in [0.1, 0.15) is 6.29 Å². The summed E-state index contributed by atoms with van der Waals surface area (Å²) in [6.45, 7) is 6.50. The molecule has 3 heteroatoms. The van der Waals surface area contributed by atoms with E-state index in [0.29, 0.717) is 12.6 Å². The van der Waals surface area contributed by atoms with Gasteiger partial charge in [0, 0.05) is 19.2 Å². The molecule has 82 valence electrons. The summed E-state index contributed by atoms with van der Waals surface area (Å²) < 4.78 is 5.31. The average molecular weight is 199 g/mol. The number of carbonyl (C=O) groups is 1. The summed E-state index contributed by atoms with van der Waals surface area (Å²) in [5.74, 6) is 0. The van der Waals surface area contributed by atoms with Crippen molar-refractivity contribution in [2.24, 2.45) is 5.41 Å². The fourth-order valence-electron chi connectivity index (χ4n) is 1.84. The molecule has 0 amide bonds. The predicted octanol–water partition coefficient (Wildman–Crippen LogP) is 1.32. The highest BCUT2D eigenvalue weighted by atomic mass is 16.5. The molecule has 0 aliphatic carbocycles. The first kappa shape index (κ1) is 11.7. The smallest absolute Gasteiger partial charge is 0.129 e. The molecular weight excluding hydrogens is 178 g/mol. The van der Waals surface area contributed by atoms with Crippen molar-refractivity contribution in [2.45, 2.75) is 32.7 Å². The minimum absolute atomic E-state index is 0.238. The highest BCUT2D eigenvalue weighted by molar-refractivity contribution is 5.60. The molecule has 1 rings (SSSR count). The Labute approximate surface area is 86.4 Å². The van der Waals surface area contributed by atoms with Gasteiger partial charge in [-0.1, -0.05) is 6.92 Å². The van der Waals surface area contributed by atoms with E-state index in [0.717, 1.165) is 32.3 Å². The van der Waals surface area contributed by atoms with Crippen LogP contribution >= 0.6 is 0 Å². The molecule has 14 heavy (non-hydrogen) atoms. The van der Waals surface area contributed by atoms with Crippen LogP contribution in [-0.4, -0.2) is 44.0 Å². The van der Waals surface area contributed by atoms with Crippen molar-refractivity contribution in [1.29, 1.82) is 0 Å². The van der Waals surface area contributed by atoms with Crippen LogP contribution < -0.4 is 0 Å². The highest BCUT2D eigenvalue weighted by Crippen LogP contribution is 2.27. The molecule has 0 N–H and O–H groups in total. The third kappa shape index (κ3) is 2.55. The maximum absolute atomic E-state index is 11.1. The second-order valence-corrected chi connectivity index (χ2v) is 4.46.